The van der Waals surface area contributed by atoms with Gasteiger partial charge in [-0.2, -0.15) is 0 Å². The van der Waals surface area contributed by atoms with Crippen molar-refractivity contribution in [2.75, 3.05) is 19.7 Å². The molecule has 3 nitrogen and oxygen atoms in total. The molecule has 1 heterocycles. The number of carbonyl (C=O) groups excluding carboxylic acids is 1. The maximum Gasteiger partial charge on any atom is 0.166 e. The molecule has 0 radical (unpaired) electrons. The van der Waals surface area contributed by atoms with Gasteiger partial charge < -0.3 is 10.1 Å². The molecule has 0 spiro atoms. The van der Waals surface area contributed by atoms with E-state index in [2.05, 4.69) is 12.2 Å². The third kappa shape index (κ3) is 4.34. The van der Waals surface area contributed by atoms with Gasteiger partial charge in [0.1, 0.15) is 5.75 Å². The van der Waals surface area contributed by atoms with Gasteiger partial charge in [0.2, 0.25) is 0 Å². The van der Waals surface area contributed by atoms with Crippen molar-refractivity contribution in [2.24, 2.45) is 5.92 Å². The van der Waals surface area contributed by atoms with Gasteiger partial charge >= 0.3 is 0 Å². The number of Topliss-reactive ketones (excluding diaryl/α,β-unsaturated/α-hetero) is 1. The van der Waals surface area contributed by atoms with Crippen LogP contribution in [0.5, 0.6) is 5.75 Å². The van der Waals surface area contributed by atoms with Crippen LogP contribution in [-0.4, -0.2) is 25.5 Å². The van der Waals surface area contributed by atoms with Crippen LogP contribution < -0.4 is 10.1 Å². The van der Waals surface area contributed by atoms with Gasteiger partial charge in [0, 0.05) is 6.42 Å². The molecular weight excluding hydrogens is 250 g/mol. The maximum atomic E-state index is 12.4. The summed E-state index contributed by atoms with van der Waals surface area (Å²) < 4.78 is 5.67. The summed E-state index contributed by atoms with van der Waals surface area (Å²) >= 11 is 0. The first kappa shape index (κ1) is 15.0. The van der Waals surface area contributed by atoms with Crippen molar-refractivity contribution < 1.29 is 9.53 Å². The SMILES string of the molecule is CCCOc1ccccc1C(=O)CCC1CCCNC1. The average molecular weight is 275 g/mol. The topological polar surface area (TPSA) is 38.3 Å². The molecule has 1 aromatic rings. The lowest BCUT2D eigenvalue weighted by molar-refractivity contribution is 0.0967. The fourth-order valence-corrected chi connectivity index (χ4v) is 2.68. The number of rotatable bonds is 7. The van der Waals surface area contributed by atoms with E-state index in [1.54, 1.807) is 0 Å². The highest BCUT2D eigenvalue weighted by molar-refractivity contribution is 5.98. The van der Waals surface area contributed by atoms with Crippen LogP contribution in [0.1, 0.15) is 49.4 Å². The number of hydrogen-bond acceptors (Lipinski definition) is 3. The van der Waals surface area contributed by atoms with E-state index in [1.165, 1.54) is 12.8 Å². The Hall–Kier alpha value is -1.35. The van der Waals surface area contributed by atoms with E-state index < -0.39 is 0 Å². The van der Waals surface area contributed by atoms with E-state index in [0.29, 0.717) is 18.9 Å². The molecule has 1 atom stereocenters. The molecule has 0 aliphatic carbocycles. The number of hydrogen-bond donors (Lipinski definition) is 1. The standard InChI is InChI=1S/C17H25NO2/c1-2-12-20-17-8-4-3-7-15(17)16(19)10-9-14-6-5-11-18-13-14/h3-4,7-8,14,18H,2,5-6,9-13H2,1H3. The van der Waals surface area contributed by atoms with Gasteiger partial charge in [-0.25, -0.2) is 0 Å². The van der Waals surface area contributed by atoms with Crippen LogP contribution in [-0.2, 0) is 0 Å². The monoisotopic (exact) mass is 275 g/mol. The molecule has 2 rings (SSSR count). The number of ether oxygens (including phenoxy) is 1. The third-order valence-electron chi connectivity index (χ3n) is 3.83. The smallest absolute Gasteiger partial charge is 0.166 e. The first-order chi connectivity index (χ1) is 9.81. The van der Waals surface area contributed by atoms with Crippen LogP contribution in [0.25, 0.3) is 0 Å². The van der Waals surface area contributed by atoms with E-state index in [0.717, 1.165) is 37.2 Å². The van der Waals surface area contributed by atoms with Crippen LogP contribution >= 0.6 is 0 Å². The van der Waals surface area contributed by atoms with Crippen LogP contribution in [0.3, 0.4) is 0 Å². The van der Waals surface area contributed by atoms with Crippen LogP contribution in [0.15, 0.2) is 24.3 Å². The van der Waals surface area contributed by atoms with Gasteiger partial charge in [0.05, 0.1) is 12.2 Å². The van der Waals surface area contributed by atoms with Crippen LogP contribution in [0.2, 0.25) is 0 Å². The maximum absolute atomic E-state index is 12.4. The average Bonchev–Trinajstić information content (AvgIpc) is 2.52. The van der Waals surface area contributed by atoms with E-state index in [1.807, 2.05) is 24.3 Å². The van der Waals surface area contributed by atoms with Crippen molar-refractivity contribution >= 4 is 5.78 Å². The summed E-state index contributed by atoms with van der Waals surface area (Å²) in [6.45, 7) is 4.91. The van der Waals surface area contributed by atoms with Gasteiger partial charge in [-0.3, -0.25) is 4.79 Å². The minimum atomic E-state index is 0.210. The van der Waals surface area contributed by atoms with Crippen molar-refractivity contribution in [2.45, 2.75) is 39.0 Å². The summed E-state index contributed by atoms with van der Waals surface area (Å²) in [5.74, 6) is 1.60. The van der Waals surface area contributed by atoms with E-state index in [9.17, 15) is 4.79 Å². The highest BCUT2D eigenvalue weighted by Gasteiger charge is 2.17. The Kier molecular flexibility index (Phi) is 6.06. The van der Waals surface area contributed by atoms with E-state index >= 15 is 0 Å². The molecule has 1 saturated heterocycles. The molecule has 1 unspecified atom stereocenters. The third-order valence-corrected chi connectivity index (χ3v) is 3.83. The van der Waals surface area contributed by atoms with Gasteiger partial charge in [-0.15, -0.1) is 0 Å². The number of nitrogens with one attached hydrogen (secondary N) is 1. The summed E-state index contributed by atoms with van der Waals surface area (Å²) in [5, 5.41) is 3.40. The van der Waals surface area contributed by atoms with Gasteiger partial charge in [0.25, 0.3) is 0 Å². The molecule has 0 bridgehead atoms. The number of para-hydroxylation sites is 1. The first-order valence-corrected chi connectivity index (χ1v) is 7.77. The van der Waals surface area contributed by atoms with Crippen molar-refractivity contribution in [1.82, 2.24) is 5.32 Å². The van der Waals surface area contributed by atoms with E-state index in [-0.39, 0.29) is 5.78 Å². The number of carbonyl (C=O) groups is 1. The number of piperidine rings is 1. The lowest BCUT2D eigenvalue weighted by atomic mass is 9.92. The summed E-state index contributed by atoms with van der Waals surface area (Å²) in [4.78, 5) is 12.4. The van der Waals surface area contributed by atoms with E-state index in [4.69, 9.17) is 4.74 Å². The number of benzene rings is 1. The molecule has 110 valence electrons. The van der Waals surface area contributed by atoms with Gasteiger partial charge in [0.15, 0.2) is 5.78 Å². The molecule has 1 aromatic carbocycles. The van der Waals surface area contributed by atoms with Crippen molar-refractivity contribution in [1.29, 1.82) is 0 Å². The quantitative estimate of drug-likeness (QED) is 0.775. The van der Waals surface area contributed by atoms with Crippen LogP contribution in [0.4, 0.5) is 0 Å². The van der Waals surface area contributed by atoms with Crippen molar-refractivity contribution in [3.63, 3.8) is 0 Å². The molecule has 0 saturated carbocycles. The highest BCUT2D eigenvalue weighted by atomic mass is 16.5. The lowest BCUT2D eigenvalue weighted by Crippen LogP contribution is -2.30. The molecule has 0 amide bonds. The highest BCUT2D eigenvalue weighted by Crippen LogP contribution is 2.23. The lowest BCUT2D eigenvalue weighted by Gasteiger charge is -2.22. The van der Waals surface area contributed by atoms with Crippen LogP contribution in [0, 0.1) is 5.92 Å². The predicted molar refractivity (Wildman–Crippen MR) is 81.4 cm³/mol. The minimum Gasteiger partial charge on any atom is -0.493 e. The minimum absolute atomic E-state index is 0.210. The second-order valence-electron chi connectivity index (χ2n) is 5.52. The summed E-state index contributed by atoms with van der Waals surface area (Å²) in [5.41, 5.74) is 0.740. The van der Waals surface area contributed by atoms with Crippen molar-refractivity contribution in [3.05, 3.63) is 29.8 Å². The summed E-state index contributed by atoms with van der Waals surface area (Å²) in [6, 6.07) is 7.61. The molecule has 1 aliphatic rings. The Morgan fingerprint density at radius 1 is 1.40 bits per heavy atom. The Morgan fingerprint density at radius 3 is 3.00 bits per heavy atom. The predicted octanol–water partition coefficient (Wildman–Crippen LogP) is 3.44. The zero-order valence-corrected chi connectivity index (χ0v) is 12.4. The molecule has 20 heavy (non-hydrogen) atoms. The summed E-state index contributed by atoms with van der Waals surface area (Å²) in [6.07, 6.45) is 5.03. The molecular formula is C17H25NO2. The second-order valence-corrected chi connectivity index (χ2v) is 5.52. The Labute approximate surface area is 121 Å². The molecule has 1 aliphatic heterocycles. The Morgan fingerprint density at radius 2 is 2.25 bits per heavy atom. The Bertz CT molecular complexity index is 425. The molecule has 3 heteroatoms. The second kappa shape index (κ2) is 8.05. The zero-order valence-electron chi connectivity index (χ0n) is 12.4. The van der Waals surface area contributed by atoms with Gasteiger partial charge in [-0.05, 0) is 56.8 Å². The largest absolute Gasteiger partial charge is 0.493 e. The first-order valence-electron chi connectivity index (χ1n) is 7.77. The van der Waals surface area contributed by atoms with Gasteiger partial charge in [-0.1, -0.05) is 19.1 Å². The molecule has 1 fully saturated rings. The normalized spacial score (nSPS) is 18.8. The zero-order chi connectivity index (χ0) is 14.2. The fourth-order valence-electron chi connectivity index (χ4n) is 2.68. The Balaban J connectivity index is 1.90. The summed E-state index contributed by atoms with van der Waals surface area (Å²) in [7, 11) is 0. The number of ketones is 1. The molecule has 0 aromatic heterocycles. The van der Waals surface area contributed by atoms with Crippen molar-refractivity contribution in [3.8, 4) is 5.75 Å². The molecule has 1 N–H and O–H groups in total. The fraction of sp³-hybridized carbons (Fsp3) is 0.588.